The molecule has 0 fully saturated rings. The number of pyridine rings is 1. The van der Waals surface area contributed by atoms with Gasteiger partial charge in [0.2, 0.25) is 5.91 Å². The Hall–Kier alpha value is -1.62. The molecular formula is C14H24N4O. The van der Waals surface area contributed by atoms with Crippen molar-refractivity contribution in [2.45, 2.75) is 34.2 Å². The second kappa shape index (κ2) is 6.52. The first-order valence-electron chi connectivity index (χ1n) is 6.55. The molecule has 5 heteroatoms. The van der Waals surface area contributed by atoms with Crippen LogP contribution >= 0.6 is 0 Å². The minimum atomic E-state index is -0.337. The van der Waals surface area contributed by atoms with Gasteiger partial charge in [-0.25, -0.2) is 0 Å². The second-order valence-electron chi connectivity index (χ2n) is 5.29. The Morgan fingerprint density at radius 3 is 2.53 bits per heavy atom. The number of hydrogen-bond donors (Lipinski definition) is 2. The van der Waals surface area contributed by atoms with Gasteiger partial charge in [0.15, 0.2) is 0 Å². The van der Waals surface area contributed by atoms with Crippen molar-refractivity contribution >= 4 is 11.6 Å². The fourth-order valence-electron chi connectivity index (χ4n) is 2.25. The fraction of sp³-hybridized carbons (Fsp3) is 0.571. The van der Waals surface area contributed by atoms with Crippen LogP contribution in [0, 0.1) is 19.8 Å². The number of carbonyl (C=O) groups is 1. The van der Waals surface area contributed by atoms with Crippen molar-refractivity contribution in [2.75, 3.05) is 18.0 Å². The Balaban J connectivity index is 3.23. The molecular weight excluding hydrogens is 240 g/mol. The quantitative estimate of drug-likeness (QED) is 0.806. The average molecular weight is 264 g/mol. The summed E-state index contributed by atoms with van der Waals surface area (Å²) in [5.41, 5.74) is 14.9. The highest BCUT2D eigenvalue weighted by Gasteiger charge is 2.17. The van der Waals surface area contributed by atoms with Gasteiger partial charge in [0.25, 0.3) is 0 Å². The zero-order valence-corrected chi connectivity index (χ0v) is 12.2. The Morgan fingerprint density at radius 1 is 1.42 bits per heavy atom. The fourth-order valence-corrected chi connectivity index (χ4v) is 2.25. The summed E-state index contributed by atoms with van der Waals surface area (Å²) in [6.07, 6.45) is 0. The lowest BCUT2D eigenvalue weighted by Gasteiger charge is -2.28. The molecule has 0 aliphatic carbocycles. The van der Waals surface area contributed by atoms with Crippen molar-refractivity contribution in [1.29, 1.82) is 0 Å². The number of amides is 1. The molecule has 106 valence electrons. The van der Waals surface area contributed by atoms with Crippen LogP contribution in [0.3, 0.4) is 0 Å². The van der Waals surface area contributed by atoms with E-state index in [9.17, 15) is 4.79 Å². The molecule has 1 rings (SSSR count). The first kappa shape index (κ1) is 15.4. The minimum Gasteiger partial charge on any atom is -0.368 e. The van der Waals surface area contributed by atoms with Crippen molar-refractivity contribution in [1.82, 2.24) is 4.98 Å². The van der Waals surface area contributed by atoms with Crippen molar-refractivity contribution in [3.8, 4) is 0 Å². The number of anilines is 1. The van der Waals surface area contributed by atoms with Crippen LogP contribution in [0.25, 0.3) is 0 Å². The Bertz CT molecular complexity index is 457. The van der Waals surface area contributed by atoms with E-state index in [1.165, 1.54) is 0 Å². The third-order valence-corrected chi connectivity index (χ3v) is 2.91. The van der Waals surface area contributed by atoms with Crippen LogP contribution < -0.4 is 16.4 Å². The highest BCUT2D eigenvalue weighted by molar-refractivity contribution is 5.80. The van der Waals surface area contributed by atoms with E-state index in [4.69, 9.17) is 11.5 Å². The van der Waals surface area contributed by atoms with E-state index < -0.39 is 0 Å². The summed E-state index contributed by atoms with van der Waals surface area (Å²) in [6.45, 7) is 9.47. The molecule has 0 spiro atoms. The molecule has 0 saturated heterocycles. The monoisotopic (exact) mass is 264 g/mol. The maximum absolute atomic E-state index is 11.3. The number of nitrogens with zero attached hydrogens (tertiary/aromatic N) is 2. The maximum atomic E-state index is 11.3. The minimum absolute atomic E-state index is 0.202. The highest BCUT2D eigenvalue weighted by Crippen LogP contribution is 2.24. The molecule has 1 amide bonds. The summed E-state index contributed by atoms with van der Waals surface area (Å²) < 4.78 is 0. The summed E-state index contributed by atoms with van der Waals surface area (Å²) in [5.74, 6) is 0.0921. The average Bonchev–Trinajstić information content (AvgIpc) is 2.25. The third-order valence-electron chi connectivity index (χ3n) is 2.91. The number of primary amides is 1. The lowest BCUT2D eigenvalue weighted by molar-refractivity contribution is -0.116. The van der Waals surface area contributed by atoms with E-state index in [0.29, 0.717) is 12.5 Å². The SMILES string of the molecule is Cc1cc(N(CC(N)=O)CC(C)C)c(CN)c(C)n1. The van der Waals surface area contributed by atoms with Gasteiger partial charge in [-0.3, -0.25) is 9.78 Å². The summed E-state index contributed by atoms with van der Waals surface area (Å²) in [7, 11) is 0. The summed E-state index contributed by atoms with van der Waals surface area (Å²) in [6, 6.07) is 1.97. The van der Waals surface area contributed by atoms with Gasteiger partial charge in [0, 0.05) is 35.7 Å². The van der Waals surface area contributed by atoms with Gasteiger partial charge < -0.3 is 16.4 Å². The van der Waals surface area contributed by atoms with Crippen LogP contribution in [0.15, 0.2) is 6.07 Å². The van der Waals surface area contributed by atoms with E-state index in [1.807, 2.05) is 24.8 Å². The van der Waals surface area contributed by atoms with Crippen LogP contribution in [0.2, 0.25) is 0 Å². The van der Waals surface area contributed by atoms with Gasteiger partial charge >= 0.3 is 0 Å². The zero-order chi connectivity index (χ0) is 14.6. The standard InChI is InChI=1S/C14H24N4O/c1-9(2)7-18(8-14(16)19)13-5-10(3)17-11(4)12(13)6-15/h5,9H,6-8,15H2,1-4H3,(H2,16,19). The number of carbonyl (C=O) groups excluding carboxylic acids is 1. The van der Waals surface area contributed by atoms with Gasteiger partial charge in [0.05, 0.1) is 6.54 Å². The molecule has 0 unspecified atom stereocenters. The van der Waals surface area contributed by atoms with E-state index in [1.54, 1.807) is 0 Å². The van der Waals surface area contributed by atoms with Gasteiger partial charge in [-0.2, -0.15) is 0 Å². The van der Waals surface area contributed by atoms with E-state index in [-0.39, 0.29) is 12.5 Å². The van der Waals surface area contributed by atoms with Gasteiger partial charge in [-0.1, -0.05) is 13.8 Å². The number of rotatable bonds is 6. The molecule has 4 N–H and O–H groups in total. The van der Waals surface area contributed by atoms with Crippen LogP contribution in [0.1, 0.15) is 30.8 Å². The van der Waals surface area contributed by atoms with Crippen LogP contribution in [-0.4, -0.2) is 24.0 Å². The van der Waals surface area contributed by atoms with Crippen LogP contribution in [-0.2, 0) is 11.3 Å². The molecule has 5 nitrogen and oxygen atoms in total. The predicted molar refractivity (Wildman–Crippen MR) is 77.8 cm³/mol. The molecule has 0 bridgehead atoms. The van der Waals surface area contributed by atoms with Gasteiger partial charge in [-0.05, 0) is 25.8 Å². The lowest BCUT2D eigenvalue weighted by atomic mass is 10.1. The Labute approximate surface area is 115 Å². The summed E-state index contributed by atoms with van der Waals surface area (Å²) in [4.78, 5) is 17.7. The normalized spacial score (nSPS) is 10.8. The smallest absolute Gasteiger partial charge is 0.236 e. The Kier molecular flexibility index (Phi) is 5.30. The van der Waals surface area contributed by atoms with Crippen LogP contribution in [0.5, 0.6) is 0 Å². The lowest BCUT2D eigenvalue weighted by Crippen LogP contribution is -2.37. The molecule has 0 atom stereocenters. The maximum Gasteiger partial charge on any atom is 0.236 e. The summed E-state index contributed by atoms with van der Waals surface area (Å²) >= 11 is 0. The van der Waals surface area contributed by atoms with Crippen LogP contribution in [0.4, 0.5) is 5.69 Å². The van der Waals surface area contributed by atoms with Gasteiger partial charge in [-0.15, -0.1) is 0 Å². The molecule has 1 aromatic rings. The predicted octanol–water partition coefficient (Wildman–Crippen LogP) is 1.10. The molecule has 1 heterocycles. The van der Waals surface area contributed by atoms with E-state index >= 15 is 0 Å². The Morgan fingerprint density at radius 2 is 2.05 bits per heavy atom. The topological polar surface area (TPSA) is 85.2 Å². The number of hydrogen-bond acceptors (Lipinski definition) is 4. The van der Waals surface area contributed by atoms with E-state index in [0.717, 1.165) is 29.2 Å². The van der Waals surface area contributed by atoms with Gasteiger partial charge in [0.1, 0.15) is 0 Å². The third kappa shape index (κ3) is 4.21. The zero-order valence-electron chi connectivity index (χ0n) is 12.2. The molecule has 19 heavy (non-hydrogen) atoms. The molecule has 0 aliphatic rings. The van der Waals surface area contributed by atoms with Crippen molar-refractivity contribution in [3.05, 3.63) is 23.0 Å². The first-order chi connectivity index (χ1) is 8.85. The number of aromatic nitrogens is 1. The van der Waals surface area contributed by atoms with E-state index in [2.05, 4.69) is 18.8 Å². The van der Waals surface area contributed by atoms with Crippen molar-refractivity contribution in [3.63, 3.8) is 0 Å². The largest absolute Gasteiger partial charge is 0.368 e. The van der Waals surface area contributed by atoms with Crippen molar-refractivity contribution in [2.24, 2.45) is 17.4 Å². The number of nitrogens with two attached hydrogens (primary N) is 2. The highest BCUT2D eigenvalue weighted by atomic mass is 16.1. The second-order valence-corrected chi connectivity index (χ2v) is 5.29. The molecule has 0 saturated carbocycles. The molecule has 0 radical (unpaired) electrons. The first-order valence-corrected chi connectivity index (χ1v) is 6.55. The molecule has 1 aromatic heterocycles. The molecule has 0 aliphatic heterocycles. The molecule has 0 aromatic carbocycles. The van der Waals surface area contributed by atoms with Crippen molar-refractivity contribution < 1.29 is 4.79 Å². The summed E-state index contributed by atoms with van der Waals surface area (Å²) in [5, 5.41) is 0. The number of aryl methyl sites for hydroxylation is 2.